The molecule has 1 unspecified atom stereocenters. The summed E-state index contributed by atoms with van der Waals surface area (Å²) in [4.78, 5) is 19.3. The number of rotatable bonds is 3. The second kappa shape index (κ2) is 9.44. The highest BCUT2D eigenvalue weighted by atomic mass is 35.5. The fourth-order valence-corrected chi connectivity index (χ4v) is 4.01. The zero-order valence-electron chi connectivity index (χ0n) is 17.7. The quantitative estimate of drug-likeness (QED) is 0.465. The summed E-state index contributed by atoms with van der Waals surface area (Å²) in [6.45, 7) is 0. The Labute approximate surface area is 204 Å². The van der Waals surface area contributed by atoms with Gasteiger partial charge in [-0.15, -0.1) is 0 Å². The lowest BCUT2D eigenvalue weighted by molar-refractivity contribution is -0.137. The monoisotopic (exact) mass is 502 g/mol. The lowest BCUT2D eigenvalue weighted by Crippen LogP contribution is -2.47. The molecule has 2 N–H and O–H groups in total. The summed E-state index contributed by atoms with van der Waals surface area (Å²) in [6.07, 6.45) is -5.73. The Balaban J connectivity index is 1.65. The van der Waals surface area contributed by atoms with Crippen molar-refractivity contribution in [3.05, 3.63) is 94.5 Å². The molecule has 1 aliphatic rings. The fraction of sp³-hybridized carbons (Fsp3) is 0.125. The van der Waals surface area contributed by atoms with Crippen molar-refractivity contribution in [1.82, 2.24) is 5.32 Å². The molecule has 1 atom stereocenters. The molecule has 0 aliphatic carbocycles. The van der Waals surface area contributed by atoms with Gasteiger partial charge in [0, 0.05) is 23.9 Å². The number of benzene rings is 3. The van der Waals surface area contributed by atoms with Gasteiger partial charge in [-0.05, 0) is 36.5 Å². The van der Waals surface area contributed by atoms with E-state index in [2.05, 4.69) is 15.6 Å². The smallest absolute Gasteiger partial charge is 0.333 e. The number of hydrogen-bond acceptors (Lipinski definition) is 3. The molecule has 0 radical (unpaired) electrons. The van der Waals surface area contributed by atoms with E-state index in [-0.39, 0.29) is 16.7 Å². The van der Waals surface area contributed by atoms with Crippen LogP contribution in [0.4, 0.5) is 24.5 Å². The van der Waals surface area contributed by atoms with E-state index in [0.29, 0.717) is 11.4 Å². The maximum atomic E-state index is 13.2. The molecule has 0 saturated carbocycles. The molecular weight excluding hydrogens is 485 g/mol. The number of nitrogens with zero attached hydrogens (tertiary/aromatic N) is 2. The van der Waals surface area contributed by atoms with Crippen molar-refractivity contribution in [2.75, 3.05) is 17.3 Å². The van der Waals surface area contributed by atoms with E-state index in [0.717, 1.165) is 23.3 Å². The third kappa shape index (κ3) is 4.90. The van der Waals surface area contributed by atoms with Gasteiger partial charge in [0.1, 0.15) is 0 Å². The first-order chi connectivity index (χ1) is 16.1. The molecular formula is C24H18ClF3N4OS. The minimum atomic E-state index is -4.62. The van der Waals surface area contributed by atoms with Gasteiger partial charge < -0.3 is 15.5 Å². The van der Waals surface area contributed by atoms with E-state index in [4.69, 9.17) is 23.8 Å². The Morgan fingerprint density at radius 3 is 2.44 bits per heavy atom. The van der Waals surface area contributed by atoms with Crippen LogP contribution in [0.5, 0.6) is 0 Å². The topological polar surface area (TPSA) is 56.7 Å². The van der Waals surface area contributed by atoms with E-state index < -0.39 is 22.9 Å². The molecule has 0 saturated heterocycles. The second-order valence-corrected chi connectivity index (χ2v) is 8.27. The SMILES string of the molecule is CN1C(=O)C(NC(=S)Nc2ccc(Cl)c(C(F)(F)F)c2)N=C(c2ccccc2)c2ccccc21. The fourth-order valence-electron chi connectivity index (χ4n) is 3.55. The van der Waals surface area contributed by atoms with Crippen LogP contribution < -0.4 is 15.5 Å². The molecule has 4 rings (SSSR count). The van der Waals surface area contributed by atoms with Crippen molar-refractivity contribution >= 4 is 51.9 Å². The predicted octanol–water partition coefficient (Wildman–Crippen LogP) is 5.49. The van der Waals surface area contributed by atoms with Crippen molar-refractivity contribution in [2.24, 2.45) is 4.99 Å². The van der Waals surface area contributed by atoms with Gasteiger partial charge in [0.25, 0.3) is 5.91 Å². The maximum absolute atomic E-state index is 13.2. The molecule has 1 aliphatic heterocycles. The zero-order valence-corrected chi connectivity index (χ0v) is 19.3. The number of likely N-dealkylation sites (N-methyl/N-ethyl adjacent to an activating group) is 1. The number of para-hydroxylation sites is 1. The molecule has 0 fully saturated rings. The summed E-state index contributed by atoms with van der Waals surface area (Å²) >= 11 is 11.0. The number of hydrogen-bond donors (Lipinski definition) is 2. The van der Waals surface area contributed by atoms with Gasteiger partial charge in [-0.25, -0.2) is 4.99 Å². The number of halogens is 4. The summed E-state index contributed by atoms with van der Waals surface area (Å²) in [5.41, 5.74) is 1.90. The molecule has 10 heteroatoms. The van der Waals surface area contributed by atoms with Gasteiger partial charge in [0.15, 0.2) is 5.11 Å². The van der Waals surface area contributed by atoms with Crippen molar-refractivity contribution in [1.29, 1.82) is 0 Å². The van der Waals surface area contributed by atoms with E-state index in [9.17, 15) is 18.0 Å². The number of carbonyl (C=O) groups is 1. The first-order valence-corrected chi connectivity index (χ1v) is 10.9. The number of nitrogens with one attached hydrogen (secondary N) is 2. The first kappa shape index (κ1) is 23.7. The number of aliphatic imine (C=N–C) groups is 1. The average Bonchev–Trinajstić information content (AvgIpc) is 2.91. The number of amides is 1. The Morgan fingerprint density at radius 2 is 1.74 bits per heavy atom. The summed E-state index contributed by atoms with van der Waals surface area (Å²) in [6, 6.07) is 20.1. The Kier molecular flexibility index (Phi) is 6.58. The van der Waals surface area contributed by atoms with Crippen LogP contribution >= 0.6 is 23.8 Å². The van der Waals surface area contributed by atoms with Crippen molar-refractivity contribution < 1.29 is 18.0 Å². The van der Waals surface area contributed by atoms with E-state index in [1.165, 1.54) is 11.0 Å². The third-order valence-electron chi connectivity index (χ3n) is 5.19. The first-order valence-electron chi connectivity index (χ1n) is 10.1. The average molecular weight is 503 g/mol. The van der Waals surface area contributed by atoms with Crippen LogP contribution in [0.2, 0.25) is 5.02 Å². The van der Waals surface area contributed by atoms with E-state index >= 15 is 0 Å². The van der Waals surface area contributed by atoms with Gasteiger partial charge in [-0.3, -0.25) is 4.79 Å². The summed E-state index contributed by atoms with van der Waals surface area (Å²) in [7, 11) is 1.63. The molecule has 0 aromatic heterocycles. The van der Waals surface area contributed by atoms with Crippen LogP contribution in [0.25, 0.3) is 0 Å². The van der Waals surface area contributed by atoms with Gasteiger partial charge in [-0.1, -0.05) is 60.1 Å². The number of alkyl halides is 3. The minimum Gasteiger partial charge on any atom is -0.333 e. The van der Waals surface area contributed by atoms with Gasteiger partial charge in [-0.2, -0.15) is 13.2 Å². The van der Waals surface area contributed by atoms with Crippen molar-refractivity contribution in [2.45, 2.75) is 12.3 Å². The Bertz CT molecular complexity index is 1280. The number of carbonyl (C=O) groups excluding carboxylic acids is 1. The van der Waals surface area contributed by atoms with Gasteiger partial charge >= 0.3 is 6.18 Å². The molecule has 3 aromatic rings. The summed E-state index contributed by atoms with van der Waals surface area (Å²) in [5, 5.41) is 5.02. The van der Waals surface area contributed by atoms with Crippen LogP contribution in [0.1, 0.15) is 16.7 Å². The normalized spacial score (nSPS) is 15.8. The Hall–Kier alpha value is -3.43. The molecule has 1 amide bonds. The molecule has 0 spiro atoms. The summed E-state index contributed by atoms with van der Waals surface area (Å²) < 4.78 is 39.6. The highest BCUT2D eigenvalue weighted by Crippen LogP contribution is 2.36. The molecule has 174 valence electrons. The Morgan fingerprint density at radius 1 is 1.06 bits per heavy atom. The highest BCUT2D eigenvalue weighted by molar-refractivity contribution is 7.80. The number of thiocarbonyl (C=S) groups is 1. The zero-order chi connectivity index (χ0) is 24.5. The van der Waals surface area contributed by atoms with E-state index in [1.807, 2.05) is 54.6 Å². The number of anilines is 2. The van der Waals surface area contributed by atoms with Crippen molar-refractivity contribution in [3.63, 3.8) is 0 Å². The third-order valence-corrected chi connectivity index (χ3v) is 5.74. The molecule has 34 heavy (non-hydrogen) atoms. The lowest BCUT2D eigenvalue weighted by Gasteiger charge is -2.22. The second-order valence-electron chi connectivity index (χ2n) is 7.45. The molecule has 5 nitrogen and oxygen atoms in total. The lowest BCUT2D eigenvalue weighted by atomic mass is 10.0. The predicted molar refractivity (Wildman–Crippen MR) is 132 cm³/mol. The molecule has 3 aromatic carbocycles. The van der Waals surface area contributed by atoms with Crippen LogP contribution in [0.15, 0.2) is 77.8 Å². The minimum absolute atomic E-state index is 0.0654. The van der Waals surface area contributed by atoms with Crippen LogP contribution in [0.3, 0.4) is 0 Å². The van der Waals surface area contributed by atoms with Gasteiger partial charge in [0.2, 0.25) is 6.17 Å². The van der Waals surface area contributed by atoms with Crippen LogP contribution in [0, 0.1) is 0 Å². The number of fused-ring (bicyclic) bond motifs is 1. The number of benzodiazepines with no additional fused rings is 1. The largest absolute Gasteiger partial charge is 0.417 e. The highest BCUT2D eigenvalue weighted by Gasteiger charge is 2.34. The van der Waals surface area contributed by atoms with Crippen LogP contribution in [-0.4, -0.2) is 29.9 Å². The molecule has 0 bridgehead atoms. The maximum Gasteiger partial charge on any atom is 0.417 e. The standard InChI is InChI=1S/C24H18ClF3N4OS/c1-32-19-10-6-5-9-16(19)20(14-7-3-2-4-8-14)30-21(22(32)33)31-23(34)29-15-11-12-18(25)17(13-15)24(26,27)28/h2-13,21H,1H3,(H2,29,31,34). The van der Waals surface area contributed by atoms with Gasteiger partial charge in [0.05, 0.1) is 22.0 Å². The molecule has 1 heterocycles. The van der Waals surface area contributed by atoms with Crippen molar-refractivity contribution in [3.8, 4) is 0 Å². The van der Waals surface area contributed by atoms with E-state index in [1.54, 1.807) is 7.05 Å². The summed E-state index contributed by atoms with van der Waals surface area (Å²) in [5.74, 6) is -0.380. The van der Waals surface area contributed by atoms with Crippen LogP contribution in [-0.2, 0) is 11.0 Å².